The van der Waals surface area contributed by atoms with Crippen molar-refractivity contribution >= 4 is 0 Å². The van der Waals surface area contributed by atoms with E-state index in [0.717, 1.165) is 25.8 Å². The minimum absolute atomic E-state index is 0.990. The first kappa shape index (κ1) is 15.8. The molecular weight excluding hydrogens is 258 g/mol. The third kappa shape index (κ3) is 3.18. The van der Waals surface area contributed by atoms with Crippen LogP contribution < -0.4 is 5.32 Å². The fraction of sp³-hybridized carbons (Fsp3) is 0.500. The minimum Gasteiger partial charge on any atom is -0.319 e. The van der Waals surface area contributed by atoms with Gasteiger partial charge in [0.25, 0.3) is 0 Å². The molecule has 0 spiro atoms. The Balaban J connectivity index is 2.55. The zero-order valence-corrected chi connectivity index (χ0v) is 14.0. The number of aryl methyl sites for hydroxylation is 3. The van der Waals surface area contributed by atoms with Gasteiger partial charge in [0, 0.05) is 5.69 Å². The van der Waals surface area contributed by atoms with Crippen LogP contribution in [0.2, 0.25) is 0 Å². The number of likely N-dealkylation sites (N-methyl/N-ethyl adjacent to an activating group) is 1. The van der Waals surface area contributed by atoms with Crippen LogP contribution in [-0.4, -0.2) is 23.4 Å². The van der Waals surface area contributed by atoms with Crippen LogP contribution in [0.15, 0.2) is 18.2 Å². The van der Waals surface area contributed by atoms with Crippen molar-refractivity contribution in [2.75, 3.05) is 13.6 Å². The second-order valence-electron chi connectivity index (χ2n) is 5.63. The summed E-state index contributed by atoms with van der Waals surface area (Å²) in [6.07, 6.45) is 3.05. The number of nitrogens with one attached hydrogen (secondary N) is 1. The van der Waals surface area contributed by atoms with Gasteiger partial charge in [0.1, 0.15) is 0 Å². The highest BCUT2D eigenvalue weighted by Gasteiger charge is 2.17. The molecule has 0 atom stereocenters. The zero-order chi connectivity index (χ0) is 15.4. The van der Waals surface area contributed by atoms with Gasteiger partial charge in [0.2, 0.25) is 0 Å². The van der Waals surface area contributed by atoms with Gasteiger partial charge in [-0.05, 0) is 63.9 Å². The molecule has 114 valence electrons. The summed E-state index contributed by atoms with van der Waals surface area (Å²) in [6, 6.07) is 6.59. The van der Waals surface area contributed by atoms with E-state index in [1.807, 2.05) is 7.05 Å². The van der Waals surface area contributed by atoms with Crippen LogP contribution in [-0.2, 0) is 19.3 Å². The maximum Gasteiger partial charge on any atom is 0.0678 e. The molecule has 0 amide bonds. The van der Waals surface area contributed by atoms with E-state index < -0.39 is 0 Å². The fourth-order valence-corrected chi connectivity index (χ4v) is 2.96. The van der Waals surface area contributed by atoms with Gasteiger partial charge < -0.3 is 5.32 Å². The SMILES string of the molecule is CCc1nn(-c2ccc(C)cc2C)c(CC)c1CCNC. The summed E-state index contributed by atoms with van der Waals surface area (Å²) >= 11 is 0. The summed E-state index contributed by atoms with van der Waals surface area (Å²) in [5, 5.41) is 8.15. The number of benzene rings is 1. The van der Waals surface area contributed by atoms with Gasteiger partial charge in [-0.3, -0.25) is 0 Å². The number of nitrogens with zero attached hydrogens (tertiary/aromatic N) is 2. The lowest BCUT2D eigenvalue weighted by Gasteiger charge is -2.11. The summed E-state index contributed by atoms with van der Waals surface area (Å²) in [5.41, 5.74) is 7.82. The first-order chi connectivity index (χ1) is 10.1. The number of rotatable bonds is 6. The summed E-state index contributed by atoms with van der Waals surface area (Å²) in [4.78, 5) is 0. The molecule has 0 aliphatic carbocycles. The molecule has 1 aromatic heterocycles. The van der Waals surface area contributed by atoms with Crippen LogP contribution in [0.3, 0.4) is 0 Å². The summed E-state index contributed by atoms with van der Waals surface area (Å²) in [5.74, 6) is 0. The highest BCUT2D eigenvalue weighted by atomic mass is 15.3. The minimum atomic E-state index is 0.990. The third-order valence-electron chi connectivity index (χ3n) is 4.05. The van der Waals surface area contributed by atoms with Crippen LogP contribution in [0.1, 0.15) is 41.9 Å². The van der Waals surface area contributed by atoms with Crippen molar-refractivity contribution in [3.05, 3.63) is 46.3 Å². The van der Waals surface area contributed by atoms with Crippen molar-refractivity contribution < 1.29 is 0 Å². The second-order valence-corrected chi connectivity index (χ2v) is 5.63. The van der Waals surface area contributed by atoms with E-state index >= 15 is 0 Å². The van der Waals surface area contributed by atoms with Crippen LogP contribution in [0.5, 0.6) is 0 Å². The van der Waals surface area contributed by atoms with Crippen molar-refractivity contribution in [2.24, 2.45) is 0 Å². The lowest BCUT2D eigenvalue weighted by molar-refractivity contribution is 0.771. The number of hydrogen-bond acceptors (Lipinski definition) is 2. The molecule has 0 radical (unpaired) electrons. The highest BCUT2D eigenvalue weighted by Crippen LogP contribution is 2.23. The molecule has 0 bridgehead atoms. The number of hydrogen-bond donors (Lipinski definition) is 1. The molecule has 1 N–H and O–H groups in total. The smallest absolute Gasteiger partial charge is 0.0678 e. The van der Waals surface area contributed by atoms with Crippen molar-refractivity contribution in [2.45, 2.75) is 47.0 Å². The van der Waals surface area contributed by atoms with Crippen LogP contribution in [0.25, 0.3) is 5.69 Å². The quantitative estimate of drug-likeness (QED) is 0.882. The molecule has 0 saturated carbocycles. The van der Waals surface area contributed by atoms with Gasteiger partial charge in [0.05, 0.1) is 11.4 Å². The summed E-state index contributed by atoms with van der Waals surface area (Å²) in [7, 11) is 2.01. The van der Waals surface area contributed by atoms with Crippen molar-refractivity contribution in [3.8, 4) is 5.69 Å². The van der Waals surface area contributed by atoms with Crippen LogP contribution in [0.4, 0.5) is 0 Å². The molecule has 1 aromatic carbocycles. The van der Waals surface area contributed by atoms with E-state index in [4.69, 9.17) is 5.10 Å². The average Bonchev–Trinajstić information content (AvgIpc) is 2.82. The van der Waals surface area contributed by atoms with Crippen LogP contribution >= 0.6 is 0 Å². The highest BCUT2D eigenvalue weighted by molar-refractivity contribution is 5.45. The predicted octanol–water partition coefficient (Wildman–Crippen LogP) is 3.38. The molecule has 2 aromatic rings. The fourth-order valence-electron chi connectivity index (χ4n) is 2.96. The van der Waals surface area contributed by atoms with E-state index in [-0.39, 0.29) is 0 Å². The Morgan fingerprint density at radius 2 is 1.90 bits per heavy atom. The summed E-state index contributed by atoms with van der Waals surface area (Å²) in [6.45, 7) is 9.72. The van der Waals surface area contributed by atoms with E-state index in [1.165, 1.54) is 33.8 Å². The van der Waals surface area contributed by atoms with Gasteiger partial charge in [-0.2, -0.15) is 5.10 Å². The van der Waals surface area contributed by atoms with Gasteiger partial charge >= 0.3 is 0 Å². The maximum absolute atomic E-state index is 4.90. The molecule has 0 aliphatic heterocycles. The molecule has 3 heteroatoms. The Labute approximate surface area is 128 Å². The zero-order valence-electron chi connectivity index (χ0n) is 14.0. The summed E-state index contributed by atoms with van der Waals surface area (Å²) < 4.78 is 2.17. The molecule has 0 saturated heterocycles. The number of aromatic nitrogens is 2. The largest absolute Gasteiger partial charge is 0.319 e. The monoisotopic (exact) mass is 285 g/mol. The second kappa shape index (κ2) is 6.90. The average molecular weight is 285 g/mol. The lowest BCUT2D eigenvalue weighted by atomic mass is 10.1. The van der Waals surface area contributed by atoms with E-state index in [0.29, 0.717) is 0 Å². The molecule has 0 unspecified atom stereocenters. The van der Waals surface area contributed by atoms with E-state index in [1.54, 1.807) is 0 Å². The Hall–Kier alpha value is -1.61. The molecule has 21 heavy (non-hydrogen) atoms. The molecule has 1 heterocycles. The molecule has 2 rings (SSSR count). The standard InChI is InChI=1S/C18H27N3/c1-6-16-15(10-11-19-5)17(7-2)21(20-16)18-9-8-13(3)12-14(18)4/h8-9,12,19H,6-7,10-11H2,1-5H3. The normalized spacial score (nSPS) is 11.1. The first-order valence-electron chi connectivity index (χ1n) is 7.94. The Morgan fingerprint density at radius 1 is 1.14 bits per heavy atom. The van der Waals surface area contributed by atoms with E-state index in [9.17, 15) is 0 Å². The van der Waals surface area contributed by atoms with Gasteiger partial charge in [-0.15, -0.1) is 0 Å². The van der Waals surface area contributed by atoms with Gasteiger partial charge in [0.15, 0.2) is 0 Å². The van der Waals surface area contributed by atoms with Gasteiger partial charge in [-0.25, -0.2) is 4.68 Å². The maximum atomic E-state index is 4.90. The van der Waals surface area contributed by atoms with Crippen molar-refractivity contribution in [1.82, 2.24) is 15.1 Å². The Kier molecular flexibility index (Phi) is 5.18. The van der Waals surface area contributed by atoms with E-state index in [2.05, 4.69) is 55.9 Å². The van der Waals surface area contributed by atoms with Crippen molar-refractivity contribution in [1.29, 1.82) is 0 Å². The van der Waals surface area contributed by atoms with Crippen LogP contribution in [0, 0.1) is 13.8 Å². The molecular formula is C18H27N3. The Bertz CT molecular complexity index is 611. The topological polar surface area (TPSA) is 29.9 Å². The third-order valence-corrected chi connectivity index (χ3v) is 4.05. The molecule has 0 fully saturated rings. The Morgan fingerprint density at radius 3 is 2.48 bits per heavy atom. The van der Waals surface area contributed by atoms with Gasteiger partial charge in [-0.1, -0.05) is 31.5 Å². The van der Waals surface area contributed by atoms with Crippen molar-refractivity contribution in [3.63, 3.8) is 0 Å². The molecule has 0 aliphatic rings. The predicted molar refractivity (Wildman–Crippen MR) is 89.4 cm³/mol. The first-order valence-corrected chi connectivity index (χ1v) is 7.94. The molecule has 3 nitrogen and oxygen atoms in total. The lowest BCUT2D eigenvalue weighted by Crippen LogP contribution is -2.12.